The molecule has 5 heteroatoms. The largest absolute Gasteiger partial charge is 0.481 e. The van der Waals surface area contributed by atoms with Gasteiger partial charge in [0, 0.05) is 6.54 Å². The lowest BCUT2D eigenvalue weighted by Gasteiger charge is -2.37. The fraction of sp³-hybridized carbons (Fsp3) is 0.500. The molecule has 5 nitrogen and oxygen atoms in total. The fourth-order valence-corrected chi connectivity index (χ4v) is 2.42. The van der Waals surface area contributed by atoms with Crippen LogP contribution in [-0.2, 0) is 9.59 Å². The smallest absolute Gasteiger partial charge is 0.311 e. The van der Waals surface area contributed by atoms with E-state index >= 15 is 0 Å². The van der Waals surface area contributed by atoms with Crippen molar-refractivity contribution in [2.45, 2.75) is 39.2 Å². The number of aliphatic carboxylic acids is 1. The minimum atomic E-state index is -0.832. The first-order valence-electron chi connectivity index (χ1n) is 7.17. The Balaban J connectivity index is 1.87. The molecule has 0 heterocycles. The third-order valence-corrected chi connectivity index (χ3v) is 4.04. The van der Waals surface area contributed by atoms with Crippen LogP contribution >= 0.6 is 0 Å². The van der Waals surface area contributed by atoms with E-state index in [0.717, 1.165) is 12.0 Å². The van der Waals surface area contributed by atoms with Crippen molar-refractivity contribution in [2.24, 2.45) is 5.41 Å². The predicted molar refractivity (Wildman–Crippen MR) is 78.2 cm³/mol. The number of carbonyl (C=O) groups excluding carboxylic acids is 1. The zero-order valence-electron chi connectivity index (χ0n) is 12.4. The van der Waals surface area contributed by atoms with Gasteiger partial charge in [0.25, 0.3) is 5.91 Å². The Morgan fingerprint density at radius 1 is 1.43 bits per heavy atom. The molecule has 0 radical (unpaired) electrons. The van der Waals surface area contributed by atoms with E-state index in [1.54, 1.807) is 13.0 Å². The van der Waals surface area contributed by atoms with Gasteiger partial charge in [0.15, 0.2) is 6.10 Å². The molecule has 1 atom stereocenters. The number of hydrogen-bond acceptors (Lipinski definition) is 3. The highest BCUT2D eigenvalue weighted by molar-refractivity contribution is 5.82. The highest BCUT2D eigenvalue weighted by Crippen LogP contribution is 2.40. The standard InChI is InChI=1S/C16H21NO4/c1-11-5-3-6-13(9-11)21-12(2)14(18)17-10-16(15(19)20)7-4-8-16/h3,5-6,9,12H,4,7-8,10H2,1-2H3,(H,17,18)(H,19,20). The molecule has 0 spiro atoms. The van der Waals surface area contributed by atoms with Crippen molar-refractivity contribution in [3.8, 4) is 5.75 Å². The SMILES string of the molecule is Cc1cccc(OC(C)C(=O)NCC2(C(=O)O)CCC2)c1. The Bertz CT molecular complexity index is 537. The molecule has 1 fully saturated rings. The predicted octanol–water partition coefficient (Wildman–Crippen LogP) is 2.13. The average molecular weight is 291 g/mol. The van der Waals surface area contributed by atoms with Crippen molar-refractivity contribution < 1.29 is 19.4 Å². The molecular formula is C16H21NO4. The number of amides is 1. The first kappa shape index (κ1) is 15.4. The number of nitrogens with one attached hydrogen (secondary N) is 1. The molecule has 2 rings (SSSR count). The molecule has 21 heavy (non-hydrogen) atoms. The first-order valence-corrected chi connectivity index (χ1v) is 7.17. The van der Waals surface area contributed by atoms with Crippen molar-refractivity contribution in [2.75, 3.05) is 6.54 Å². The Kier molecular flexibility index (Phi) is 4.50. The molecule has 1 aliphatic carbocycles. The number of benzene rings is 1. The average Bonchev–Trinajstić information content (AvgIpc) is 2.36. The maximum Gasteiger partial charge on any atom is 0.311 e. The number of carbonyl (C=O) groups is 2. The van der Waals surface area contributed by atoms with E-state index in [1.807, 2.05) is 25.1 Å². The molecule has 114 valence electrons. The van der Waals surface area contributed by atoms with E-state index in [-0.39, 0.29) is 12.5 Å². The van der Waals surface area contributed by atoms with Gasteiger partial charge in [-0.1, -0.05) is 18.6 Å². The summed E-state index contributed by atoms with van der Waals surface area (Å²) < 4.78 is 5.57. The molecule has 1 aromatic rings. The summed E-state index contributed by atoms with van der Waals surface area (Å²) in [7, 11) is 0. The van der Waals surface area contributed by atoms with Gasteiger partial charge >= 0.3 is 5.97 Å². The van der Waals surface area contributed by atoms with Gasteiger partial charge in [-0.3, -0.25) is 9.59 Å². The van der Waals surface area contributed by atoms with Gasteiger partial charge in [0.05, 0.1) is 5.41 Å². The van der Waals surface area contributed by atoms with Crippen molar-refractivity contribution in [1.29, 1.82) is 0 Å². The van der Waals surface area contributed by atoms with Gasteiger partial charge in [-0.25, -0.2) is 0 Å². The molecule has 1 saturated carbocycles. The molecule has 0 aliphatic heterocycles. The van der Waals surface area contributed by atoms with Gasteiger partial charge in [-0.2, -0.15) is 0 Å². The Labute approximate surface area is 124 Å². The summed E-state index contributed by atoms with van der Waals surface area (Å²) in [5.74, 6) is -0.487. The highest BCUT2D eigenvalue weighted by atomic mass is 16.5. The van der Waals surface area contributed by atoms with Crippen LogP contribution in [-0.4, -0.2) is 29.6 Å². The van der Waals surface area contributed by atoms with Crippen LogP contribution in [0.25, 0.3) is 0 Å². The molecule has 2 N–H and O–H groups in total. The van der Waals surface area contributed by atoms with Crippen molar-refractivity contribution in [3.63, 3.8) is 0 Å². The van der Waals surface area contributed by atoms with E-state index in [1.165, 1.54) is 0 Å². The van der Waals surface area contributed by atoms with E-state index in [9.17, 15) is 14.7 Å². The fourth-order valence-electron chi connectivity index (χ4n) is 2.42. The van der Waals surface area contributed by atoms with E-state index in [0.29, 0.717) is 18.6 Å². The lowest BCUT2D eigenvalue weighted by Crippen LogP contribution is -2.49. The second kappa shape index (κ2) is 6.16. The number of carboxylic acid groups (broad SMARTS) is 1. The van der Waals surface area contributed by atoms with Crippen LogP contribution in [0.15, 0.2) is 24.3 Å². The number of hydrogen-bond donors (Lipinski definition) is 2. The third-order valence-electron chi connectivity index (χ3n) is 4.04. The lowest BCUT2D eigenvalue weighted by molar-refractivity contribution is -0.154. The minimum absolute atomic E-state index is 0.169. The van der Waals surface area contributed by atoms with Gasteiger partial charge in [-0.05, 0) is 44.4 Å². The lowest BCUT2D eigenvalue weighted by atomic mass is 9.69. The maximum atomic E-state index is 12.0. The molecule has 0 aromatic heterocycles. The molecule has 1 unspecified atom stereocenters. The molecule has 0 bridgehead atoms. The maximum absolute atomic E-state index is 12.0. The number of ether oxygens (including phenoxy) is 1. The normalized spacial score (nSPS) is 17.4. The van der Waals surface area contributed by atoms with Crippen molar-refractivity contribution in [1.82, 2.24) is 5.32 Å². The molecule has 0 saturated heterocycles. The van der Waals surface area contributed by atoms with Crippen LogP contribution in [0.3, 0.4) is 0 Å². The monoisotopic (exact) mass is 291 g/mol. The van der Waals surface area contributed by atoms with Crippen LogP contribution < -0.4 is 10.1 Å². The zero-order valence-corrected chi connectivity index (χ0v) is 12.4. The number of carboxylic acids is 1. The zero-order chi connectivity index (χ0) is 15.5. The van der Waals surface area contributed by atoms with Crippen molar-refractivity contribution >= 4 is 11.9 Å². The number of aryl methyl sites for hydroxylation is 1. The third kappa shape index (κ3) is 3.54. The van der Waals surface area contributed by atoms with Crippen LogP contribution in [0.4, 0.5) is 0 Å². The topological polar surface area (TPSA) is 75.6 Å². The van der Waals surface area contributed by atoms with Gasteiger partial charge in [0.1, 0.15) is 5.75 Å². The summed E-state index contributed by atoms with van der Waals surface area (Å²) in [5.41, 5.74) is 0.276. The Morgan fingerprint density at radius 2 is 2.14 bits per heavy atom. The van der Waals surface area contributed by atoms with Gasteiger partial charge in [-0.15, -0.1) is 0 Å². The first-order chi connectivity index (χ1) is 9.93. The second-order valence-corrected chi connectivity index (χ2v) is 5.73. The van der Waals surface area contributed by atoms with E-state index < -0.39 is 17.5 Å². The second-order valence-electron chi connectivity index (χ2n) is 5.73. The van der Waals surface area contributed by atoms with Gasteiger partial charge < -0.3 is 15.2 Å². The van der Waals surface area contributed by atoms with Crippen LogP contribution in [0.2, 0.25) is 0 Å². The van der Waals surface area contributed by atoms with Crippen LogP contribution in [0.1, 0.15) is 31.7 Å². The molecular weight excluding hydrogens is 270 g/mol. The minimum Gasteiger partial charge on any atom is -0.481 e. The van der Waals surface area contributed by atoms with E-state index in [2.05, 4.69) is 5.32 Å². The summed E-state index contributed by atoms with van der Waals surface area (Å²) in [4.78, 5) is 23.2. The summed E-state index contributed by atoms with van der Waals surface area (Å²) in [5, 5.41) is 11.9. The Hall–Kier alpha value is -2.04. The molecule has 1 amide bonds. The highest BCUT2D eigenvalue weighted by Gasteiger charge is 2.44. The van der Waals surface area contributed by atoms with Crippen LogP contribution in [0, 0.1) is 12.3 Å². The quantitative estimate of drug-likeness (QED) is 0.842. The summed E-state index contributed by atoms with van der Waals surface area (Å²) >= 11 is 0. The molecule has 1 aromatic carbocycles. The molecule has 1 aliphatic rings. The van der Waals surface area contributed by atoms with Crippen molar-refractivity contribution in [3.05, 3.63) is 29.8 Å². The van der Waals surface area contributed by atoms with Crippen LogP contribution in [0.5, 0.6) is 5.75 Å². The summed E-state index contributed by atoms with van der Waals surface area (Å²) in [6.45, 7) is 3.78. The Morgan fingerprint density at radius 3 is 2.67 bits per heavy atom. The summed E-state index contributed by atoms with van der Waals surface area (Å²) in [6.07, 6.45) is 1.49. The number of rotatable bonds is 6. The van der Waals surface area contributed by atoms with Gasteiger partial charge in [0.2, 0.25) is 0 Å². The summed E-state index contributed by atoms with van der Waals surface area (Å²) in [6, 6.07) is 7.46. The van der Waals surface area contributed by atoms with E-state index in [4.69, 9.17) is 4.74 Å².